The average molecular weight is 202 g/mol. The fourth-order valence-electron chi connectivity index (χ4n) is 1.39. The van der Waals surface area contributed by atoms with Crippen LogP contribution in [0.15, 0.2) is 0 Å². The molecule has 0 rings (SSSR count). The second-order valence-electron chi connectivity index (χ2n) is 3.84. The molecular weight excluding hydrogens is 180 g/mol. The maximum atomic E-state index is 11.5. The summed E-state index contributed by atoms with van der Waals surface area (Å²) < 4.78 is 0. The van der Waals surface area contributed by atoms with Crippen LogP contribution in [0.3, 0.4) is 0 Å². The van der Waals surface area contributed by atoms with Gasteiger partial charge in [0.25, 0.3) is 0 Å². The van der Waals surface area contributed by atoms with Crippen LogP contribution in [0.25, 0.3) is 0 Å². The van der Waals surface area contributed by atoms with Crippen LogP contribution < -0.4 is 11.1 Å². The molecule has 14 heavy (non-hydrogen) atoms. The van der Waals surface area contributed by atoms with Crippen LogP contribution in [0.4, 0.5) is 0 Å². The van der Waals surface area contributed by atoms with Gasteiger partial charge in [-0.3, -0.25) is 4.79 Å². The molecule has 3 unspecified atom stereocenters. The van der Waals surface area contributed by atoms with Crippen LogP contribution in [0.1, 0.15) is 33.6 Å². The first-order valence-corrected chi connectivity index (χ1v) is 5.19. The SMILES string of the molecule is CCC(CN)C(=O)NC(C)CC(C)O. The molecule has 4 N–H and O–H groups in total. The lowest BCUT2D eigenvalue weighted by Crippen LogP contribution is -2.40. The number of aliphatic hydroxyl groups is 1. The summed E-state index contributed by atoms with van der Waals surface area (Å²) in [5.74, 6) is -0.116. The van der Waals surface area contributed by atoms with Gasteiger partial charge < -0.3 is 16.2 Å². The summed E-state index contributed by atoms with van der Waals surface area (Å²) in [7, 11) is 0. The van der Waals surface area contributed by atoms with Gasteiger partial charge in [-0.15, -0.1) is 0 Å². The van der Waals surface area contributed by atoms with Crippen molar-refractivity contribution < 1.29 is 9.90 Å². The van der Waals surface area contributed by atoms with Crippen molar-refractivity contribution in [2.75, 3.05) is 6.54 Å². The summed E-state index contributed by atoms with van der Waals surface area (Å²) >= 11 is 0. The highest BCUT2D eigenvalue weighted by atomic mass is 16.3. The Kier molecular flexibility index (Phi) is 6.49. The number of hydrogen-bond acceptors (Lipinski definition) is 3. The average Bonchev–Trinajstić information content (AvgIpc) is 2.04. The van der Waals surface area contributed by atoms with Gasteiger partial charge in [0.05, 0.1) is 6.10 Å². The van der Waals surface area contributed by atoms with Crippen molar-refractivity contribution in [1.82, 2.24) is 5.32 Å². The van der Waals surface area contributed by atoms with Crippen molar-refractivity contribution in [2.45, 2.75) is 45.8 Å². The van der Waals surface area contributed by atoms with Crippen molar-refractivity contribution in [3.63, 3.8) is 0 Å². The zero-order valence-electron chi connectivity index (χ0n) is 9.29. The maximum Gasteiger partial charge on any atom is 0.224 e. The van der Waals surface area contributed by atoms with Gasteiger partial charge in [0, 0.05) is 18.5 Å². The molecule has 0 spiro atoms. The number of nitrogens with one attached hydrogen (secondary N) is 1. The van der Waals surface area contributed by atoms with Crippen LogP contribution in [0.5, 0.6) is 0 Å². The third-order valence-electron chi connectivity index (χ3n) is 2.23. The van der Waals surface area contributed by atoms with Gasteiger partial charge in [0.15, 0.2) is 0 Å². The fraction of sp³-hybridized carbons (Fsp3) is 0.900. The quantitative estimate of drug-likeness (QED) is 0.578. The van der Waals surface area contributed by atoms with E-state index in [-0.39, 0.29) is 24.0 Å². The minimum Gasteiger partial charge on any atom is -0.393 e. The lowest BCUT2D eigenvalue weighted by Gasteiger charge is -2.19. The summed E-state index contributed by atoms with van der Waals surface area (Å²) in [5, 5.41) is 11.9. The predicted molar refractivity (Wildman–Crippen MR) is 56.7 cm³/mol. The summed E-state index contributed by atoms with van der Waals surface area (Å²) in [5.41, 5.74) is 5.45. The molecule has 0 aliphatic heterocycles. The minimum absolute atomic E-state index is 0.00287. The zero-order chi connectivity index (χ0) is 11.1. The fourth-order valence-corrected chi connectivity index (χ4v) is 1.39. The van der Waals surface area contributed by atoms with E-state index < -0.39 is 0 Å². The van der Waals surface area contributed by atoms with E-state index >= 15 is 0 Å². The molecule has 0 aromatic carbocycles. The molecule has 0 saturated heterocycles. The number of nitrogens with two attached hydrogens (primary N) is 1. The number of amides is 1. The molecule has 3 atom stereocenters. The second-order valence-corrected chi connectivity index (χ2v) is 3.84. The number of carbonyl (C=O) groups is 1. The second kappa shape index (κ2) is 6.79. The van der Waals surface area contributed by atoms with Crippen molar-refractivity contribution >= 4 is 5.91 Å². The Bertz CT molecular complexity index is 168. The summed E-state index contributed by atoms with van der Waals surface area (Å²) in [6, 6.07) is 0.00287. The van der Waals surface area contributed by atoms with Gasteiger partial charge in [-0.25, -0.2) is 0 Å². The van der Waals surface area contributed by atoms with Gasteiger partial charge in [0.1, 0.15) is 0 Å². The Morgan fingerprint density at radius 3 is 2.43 bits per heavy atom. The molecule has 0 radical (unpaired) electrons. The molecule has 84 valence electrons. The van der Waals surface area contributed by atoms with Gasteiger partial charge in [-0.2, -0.15) is 0 Å². The lowest BCUT2D eigenvalue weighted by molar-refractivity contribution is -0.125. The molecule has 4 nitrogen and oxygen atoms in total. The Hall–Kier alpha value is -0.610. The summed E-state index contributed by atoms with van der Waals surface area (Å²) in [4.78, 5) is 11.5. The molecule has 0 heterocycles. The molecule has 4 heteroatoms. The monoisotopic (exact) mass is 202 g/mol. The highest BCUT2D eigenvalue weighted by Crippen LogP contribution is 2.02. The molecule has 0 aromatic rings. The first-order valence-electron chi connectivity index (χ1n) is 5.19. The van der Waals surface area contributed by atoms with Crippen LogP contribution in [0, 0.1) is 5.92 Å². The molecule has 0 aliphatic rings. The predicted octanol–water partition coefficient (Wildman–Crippen LogP) is 0.247. The number of rotatable bonds is 6. The topological polar surface area (TPSA) is 75.4 Å². The smallest absolute Gasteiger partial charge is 0.224 e. The largest absolute Gasteiger partial charge is 0.393 e. The highest BCUT2D eigenvalue weighted by Gasteiger charge is 2.16. The van der Waals surface area contributed by atoms with Crippen molar-refractivity contribution in [1.29, 1.82) is 0 Å². The first kappa shape index (κ1) is 13.4. The van der Waals surface area contributed by atoms with Crippen LogP contribution in [0.2, 0.25) is 0 Å². The lowest BCUT2D eigenvalue weighted by atomic mass is 10.0. The third-order valence-corrected chi connectivity index (χ3v) is 2.23. The molecular formula is C10H22N2O2. The number of aliphatic hydroxyl groups excluding tert-OH is 1. The molecule has 0 bridgehead atoms. The van der Waals surface area contributed by atoms with E-state index in [4.69, 9.17) is 10.8 Å². The van der Waals surface area contributed by atoms with Crippen molar-refractivity contribution in [2.24, 2.45) is 11.7 Å². The summed E-state index contributed by atoms with van der Waals surface area (Å²) in [6.07, 6.45) is 0.944. The zero-order valence-corrected chi connectivity index (χ0v) is 9.29. The Labute approximate surface area is 85.9 Å². The van der Waals surface area contributed by atoms with E-state index in [0.717, 1.165) is 6.42 Å². The van der Waals surface area contributed by atoms with Gasteiger partial charge in [0.2, 0.25) is 5.91 Å². The third kappa shape index (κ3) is 5.19. The minimum atomic E-state index is -0.386. The molecule has 1 amide bonds. The normalized spacial score (nSPS) is 17.2. The van der Waals surface area contributed by atoms with E-state index in [1.54, 1.807) is 6.92 Å². The van der Waals surface area contributed by atoms with E-state index in [1.807, 2.05) is 13.8 Å². The van der Waals surface area contributed by atoms with Crippen molar-refractivity contribution in [3.05, 3.63) is 0 Å². The molecule has 0 aromatic heterocycles. The molecule has 0 saturated carbocycles. The highest BCUT2D eigenvalue weighted by molar-refractivity contribution is 5.79. The van der Waals surface area contributed by atoms with Crippen LogP contribution in [-0.2, 0) is 4.79 Å². The van der Waals surface area contributed by atoms with Gasteiger partial charge in [-0.1, -0.05) is 6.92 Å². The van der Waals surface area contributed by atoms with Crippen LogP contribution in [-0.4, -0.2) is 29.7 Å². The Balaban J connectivity index is 3.91. The van der Waals surface area contributed by atoms with E-state index in [9.17, 15) is 4.79 Å². The molecule has 0 fully saturated rings. The summed E-state index contributed by atoms with van der Waals surface area (Å²) in [6.45, 7) is 5.91. The Morgan fingerprint density at radius 1 is 1.50 bits per heavy atom. The number of hydrogen-bond donors (Lipinski definition) is 3. The van der Waals surface area contributed by atoms with E-state index in [2.05, 4.69) is 5.32 Å². The number of carbonyl (C=O) groups excluding carboxylic acids is 1. The van der Waals surface area contributed by atoms with E-state index in [1.165, 1.54) is 0 Å². The van der Waals surface area contributed by atoms with Gasteiger partial charge >= 0.3 is 0 Å². The molecule has 0 aliphatic carbocycles. The van der Waals surface area contributed by atoms with E-state index in [0.29, 0.717) is 13.0 Å². The standard InChI is InChI=1S/C10H22N2O2/c1-4-9(6-11)10(14)12-7(2)5-8(3)13/h7-9,13H,4-6,11H2,1-3H3,(H,12,14). The maximum absolute atomic E-state index is 11.5. The van der Waals surface area contributed by atoms with Crippen molar-refractivity contribution in [3.8, 4) is 0 Å². The first-order chi connectivity index (χ1) is 6.51. The van der Waals surface area contributed by atoms with Crippen LogP contribution >= 0.6 is 0 Å². The Morgan fingerprint density at radius 2 is 2.07 bits per heavy atom. The van der Waals surface area contributed by atoms with Gasteiger partial charge in [-0.05, 0) is 26.7 Å².